The summed E-state index contributed by atoms with van der Waals surface area (Å²) < 4.78 is 0. The van der Waals surface area contributed by atoms with Gasteiger partial charge >= 0.3 is 0 Å². The molecule has 0 radical (unpaired) electrons. The van der Waals surface area contributed by atoms with E-state index in [-0.39, 0.29) is 0 Å². The van der Waals surface area contributed by atoms with Crippen molar-refractivity contribution in [2.75, 3.05) is 11.4 Å². The molecule has 0 amide bonds. The molecule has 2 aliphatic carbocycles. The second-order valence-corrected chi connectivity index (χ2v) is 7.33. The Bertz CT molecular complexity index is 440. The number of hydrogen-bond donors (Lipinski definition) is 0. The fourth-order valence-electron chi connectivity index (χ4n) is 3.83. The molecule has 4 heteroatoms. The smallest absolute Gasteiger partial charge is 0.208 e. The lowest BCUT2D eigenvalue weighted by atomic mass is 9.80. The molecule has 1 aromatic rings. The van der Waals surface area contributed by atoms with Crippen LogP contribution in [0.4, 0.5) is 5.13 Å². The molecule has 4 rings (SSSR count). The zero-order chi connectivity index (χ0) is 12.1. The molecule has 0 N–H and O–H groups in total. The van der Waals surface area contributed by atoms with Gasteiger partial charge in [-0.2, -0.15) is 0 Å². The summed E-state index contributed by atoms with van der Waals surface area (Å²) in [5.41, 5.74) is 0. The first kappa shape index (κ1) is 11.2. The van der Waals surface area contributed by atoms with Crippen molar-refractivity contribution in [3.63, 3.8) is 0 Å². The van der Waals surface area contributed by atoms with Crippen molar-refractivity contribution >= 4 is 16.5 Å². The van der Waals surface area contributed by atoms with Gasteiger partial charge < -0.3 is 4.90 Å². The Morgan fingerprint density at radius 1 is 1.11 bits per heavy atom. The summed E-state index contributed by atoms with van der Waals surface area (Å²) in [6.45, 7) is 3.63. The van der Waals surface area contributed by atoms with Gasteiger partial charge in [-0.1, -0.05) is 31.1 Å². The van der Waals surface area contributed by atoms with Gasteiger partial charge in [-0.25, -0.2) is 0 Å². The molecule has 3 unspecified atom stereocenters. The van der Waals surface area contributed by atoms with E-state index in [0.717, 1.165) is 23.8 Å². The molecule has 18 heavy (non-hydrogen) atoms. The lowest BCUT2D eigenvalue weighted by molar-refractivity contribution is 0.293. The quantitative estimate of drug-likeness (QED) is 0.818. The van der Waals surface area contributed by atoms with Crippen LogP contribution in [0, 0.1) is 11.8 Å². The number of nitrogens with zero attached hydrogens (tertiary/aromatic N) is 3. The van der Waals surface area contributed by atoms with Crippen LogP contribution < -0.4 is 4.90 Å². The topological polar surface area (TPSA) is 29.0 Å². The van der Waals surface area contributed by atoms with Gasteiger partial charge in [0.15, 0.2) is 0 Å². The van der Waals surface area contributed by atoms with Crippen LogP contribution in [0.1, 0.15) is 56.4 Å². The first-order valence-corrected chi connectivity index (χ1v) is 8.24. The Kier molecular flexibility index (Phi) is 2.61. The van der Waals surface area contributed by atoms with Crippen molar-refractivity contribution in [2.45, 2.75) is 57.4 Å². The van der Waals surface area contributed by atoms with E-state index in [0.29, 0.717) is 0 Å². The average molecular weight is 263 g/mol. The fourth-order valence-corrected chi connectivity index (χ4v) is 4.91. The standard InChI is InChI=1S/C14H21N3S/c1-9-8-17(12-5-3-2-4-11(9)12)14-16-15-13(18-14)10-6-7-10/h9-12H,2-8H2,1H3. The van der Waals surface area contributed by atoms with Crippen LogP contribution in [0.25, 0.3) is 0 Å². The van der Waals surface area contributed by atoms with Gasteiger partial charge in [-0.3, -0.25) is 0 Å². The molecule has 0 spiro atoms. The number of hydrogen-bond acceptors (Lipinski definition) is 4. The van der Waals surface area contributed by atoms with Crippen LogP contribution in [0.3, 0.4) is 0 Å². The second-order valence-electron chi connectivity index (χ2n) is 6.34. The Balaban J connectivity index is 1.58. The van der Waals surface area contributed by atoms with E-state index in [1.807, 2.05) is 11.3 Å². The molecule has 2 saturated carbocycles. The predicted octanol–water partition coefficient (Wildman–Crippen LogP) is 3.43. The Morgan fingerprint density at radius 3 is 2.78 bits per heavy atom. The fraction of sp³-hybridized carbons (Fsp3) is 0.857. The first-order chi connectivity index (χ1) is 8.83. The van der Waals surface area contributed by atoms with Crippen LogP contribution >= 0.6 is 11.3 Å². The minimum absolute atomic E-state index is 0.749. The summed E-state index contributed by atoms with van der Waals surface area (Å²) in [5.74, 6) is 2.49. The van der Waals surface area contributed by atoms with Crippen LogP contribution in [0.15, 0.2) is 0 Å². The van der Waals surface area contributed by atoms with E-state index in [9.17, 15) is 0 Å². The van der Waals surface area contributed by atoms with Crippen LogP contribution in [-0.4, -0.2) is 22.8 Å². The largest absolute Gasteiger partial charge is 0.343 e. The van der Waals surface area contributed by atoms with Crippen molar-refractivity contribution in [2.24, 2.45) is 11.8 Å². The van der Waals surface area contributed by atoms with Crippen molar-refractivity contribution in [1.82, 2.24) is 10.2 Å². The second kappa shape index (κ2) is 4.19. The monoisotopic (exact) mass is 263 g/mol. The molecule has 1 aromatic heterocycles. The van der Waals surface area contributed by atoms with Gasteiger partial charge in [0, 0.05) is 18.5 Å². The molecule has 3 fully saturated rings. The number of rotatable bonds is 2. The summed E-state index contributed by atoms with van der Waals surface area (Å²) in [7, 11) is 0. The van der Waals surface area contributed by atoms with Gasteiger partial charge in [-0.15, -0.1) is 10.2 Å². The first-order valence-electron chi connectivity index (χ1n) is 7.43. The number of fused-ring (bicyclic) bond motifs is 1. The highest BCUT2D eigenvalue weighted by Crippen LogP contribution is 2.46. The van der Waals surface area contributed by atoms with E-state index in [1.165, 1.54) is 55.2 Å². The highest BCUT2D eigenvalue weighted by atomic mass is 32.1. The zero-order valence-electron chi connectivity index (χ0n) is 11.0. The normalized spacial score (nSPS) is 35.8. The summed E-state index contributed by atoms with van der Waals surface area (Å²) >= 11 is 1.86. The molecule has 1 saturated heterocycles. The van der Waals surface area contributed by atoms with E-state index in [4.69, 9.17) is 0 Å². The third kappa shape index (κ3) is 1.77. The minimum atomic E-state index is 0.749. The Morgan fingerprint density at radius 2 is 1.94 bits per heavy atom. The third-order valence-electron chi connectivity index (χ3n) is 5.00. The van der Waals surface area contributed by atoms with E-state index < -0.39 is 0 Å². The minimum Gasteiger partial charge on any atom is -0.343 e. The van der Waals surface area contributed by atoms with Gasteiger partial charge in [0.2, 0.25) is 5.13 Å². The van der Waals surface area contributed by atoms with E-state index in [2.05, 4.69) is 22.0 Å². The zero-order valence-corrected chi connectivity index (χ0v) is 11.8. The Hall–Kier alpha value is -0.640. The molecule has 3 aliphatic rings. The molecule has 98 valence electrons. The van der Waals surface area contributed by atoms with Gasteiger partial charge in [-0.05, 0) is 37.5 Å². The summed E-state index contributed by atoms with van der Waals surface area (Å²) in [6, 6.07) is 0.758. The molecule has 0 bridgehead atoms. The molecule has 2 heterocycles. The summed E-state index contributed by atoms with van der Waals surface area (Å²) in [4.78, 5) is 2.58. The van der Waals surface area contributed by atoms with Crippen LogP contribution in [0.2, 0.25) is 0 Å². The van der Waals surface area contributed by atoms with Crippen LogP contribution in [-0.2, 0) is 0 Å². The third-order valence-corrected chi connectivity index (χ3v) is 6.12. The maximum absolute atomic E-state index is 4.48. The van der Waals surface area contributed by atoms with E-state index in [1.54, 1.807) is 0 Å². The van der Waals surface area contributed by atoms with Crippen molar-refractivity contribution in [3.8, 4) is 0 Å². The molecular weight excluding hydrogens is 242 g/mol. The predicted molar refractivity (Wildman–Crippen MR) is 74.1 cm³/mol. The Labute approximate surface area is 113 Å². The maximum Gasteiger partial charge on any atom is 0.208 e. The molecule has 1 aliphatic heterocycles. The average Bonchev–Trinajstić information content (AvgIpc) is 3.04. The highest BCUT2D eigenvalue weighted by Gasteiger charge is 2.42. The lowest BCUT2D eigenvalue weighted by Gasteiger charge is -2.31. The molecular formula is C14H21N3S. The number of anilines is 1. The molecule has 3 nitrogen and oxygen atoms in total. The van der Waals surface area contributed by atoms with Crippen molar-refractivity contribution in [3.05, 3.63) is 5.01 Å². The lowest BCUT2D eigenvalue weighted by Crippen LogP contribution is -2.34. The molecule has 0 aromatic carbocycles. The van der Waals surface area contributed by atoms with Crippen molar-refractivity contribution in [1.29, 1.82) is 0 Å². The summed E-state index contributed by atoms with van der Waals surface area (Å²) in [5, 5.41) is 11.4. The SMILES string of the molecule is CC1CN(c2nnc(C3CC3)s2)C2CCCCC12. The number of aromatic nitrogens is 2. The van der Waals surface area contributed by atoms with Crippen LogP contribution in [0.5, 0.6) is 0 Å². The van der Waals surface area contributed by atoms with Crippen molar-refractivity contribution < 1.29 is 0 Å². The summed E-state index contributed by atoms with van der Waals surface area (Å²) in [6.07, 6.45) is 8.29. The molecule has 3 atom stereocenters. The maximum atomic E-state index is 4.48. The van der Waals surface area contributed by atoms with E-state index >= 15 is 0 Å². The van der Waals surface area contributed by atoms with Gasteiger partial charge in [0.1, 0.15) is 5.01 Å². The van der Waals surface area contributed by atoms with Gasteiger partial charge in [0.25, 0.3) is 0 Å². The highest BCUT2D eigenvalue weighted by molar-refractivity contribution is 7.15. The van der Waals surface area contributed by atoms with Gasteiger partial charge in [0.05, 0.1) is 0 Å².